The Kier molecular flexibility index (Phi) is 9.63. The Hall–Kier alpha value is 0.443. The maximum atomic E-state index is 10.0. The molecule has 0 saturated heterocycles. The van der Waals surface area contributed by atoms with Gasteiger partial charge in [-0.2, -0.15) is 0 Å². The number of hydrogen-bond donors (Lipinski definition) is 0. The summed E-state index contributed by atoms with van der Waals surface area (Å²) in [6.45, 7) is 0. The number of hydrogen-bond acceptors (Lipinski definition) is 8. The molecule has 2 rings (SSSR count). The van der Waals surface area contributed by atoms with Gasteiger partial charge in [0.15, 0.2) is 0 Å². The summed E-state index contributed by atoms with van der Waals surface area (Å²) < 4.78 is 0. The zero-order valence-electron chi connectivity index (χ0n) is 8.44. The second kappa shape index (κ2) is 9.38. The summed E-state index contributed by atoms with van der Waals surface area (Å²) in [6.07, 6.45) is 3.23. The predicted octanol–water partition coefficient (Wildman–Crippen LogP) is 0.0247. The van der Waals surface area contributed by atoms with E-state index in [0.29, 0.717) is 0 Å². The Morgan fingerprint density at radius 1 is 0.882 bits per heavy atom. The molecule has 0 saturated carbocycles. The first-order chi connectivity index (χ1) is 7.61. The summed E-state index contributed by atoms with van der Waals surface area (Å²) in [5, 5.41) is 22.7. The third-order valence-corrected chi connectivity index (χ3v) is 5.85. The number of carboxylic acid groups (broad SMARTS) is 2. The summed E-state index contributed by atoms with van der Waals surface area (Å²) in [5.41, 5.74) is 0. The molecule has 2 unspecified atom stereocenters. The van der Waals surface area contributed by atoms with Gasteiger partial charge in [-0.3, -0.25) is 0 Å². The van der Waals surface area contributed by atoms with Crippen LogP contribution in [-0.4, -0.2) is 22.4 Å². The van der Waals surface area contributed by atoms with Gasteiger partial charge in [-0.25, -0.2) is 0 Å². The Morgan fingerprint density at radius 3 is 1.35 bits per heavy atom. The molecule has 0 amide bonds. The first-order valence-electron chi connectivity index (χ1n) is 4.00. The molecule has 2 aliphatic rings. The molecule has 0 spiro atoms. The van der Waals surface area contributed by atoms with E-state index in [9.17, 15) is 19.8 Å². The van der Waals surface area contributed by atoms with Crippen LogP contribution in [0.25, 0.3) is 0 Å². The molecule has 17 heavy (non-hydrogen) atoms. The second-order valence-corrected chi connectivity index (χ2v) is 7.16. The first kappa shape index (κ1) is 17.4. The van der Waals surface area contributed by atoms with E-state index in [-0.39, 0.29) is 19.5 Å². The average Bonchev–Trinajstić information content (AvgIpc) is 2.93. The second-order valence-electron chi connectivity index (χ2n) is 2.52. The molecule has 0 fully saturated rings. The van der Waals surface area contributed by atoms with Crippen LogP contribution < -0.4 is 10.2 Å². The monoisotopic (exact) mass is 358 g/mol. The Labute approximate surface area is 127 Å². The minimum atomic E-state index is -1.00. The maximum Gasteiger partial charge on any atom is 2.00 e. The minimum Gasteiger partial charge on any atom is -0.549 e. The van der Waals surface area contributed by atoms with Crippen LogP contribution in [0.2, 0.25) is 0 Å². The van der Waals surface area contributed by atoms with Gasteiger partial charge in [0, 0.05) is 0 Å². The van der Waals surface area contributed by atoms with Gasteiger partial charge >= 0.3 is 19.5 Å². The largest absolute Gasteiger partial charge is 2.00 e. The van der Waals surface area contributed by atoms with E-state index >= 15 is 0 Å². The standard InChI is InChI=1S/2C4H4O2S2.Zn/c2*5-4(6)3-1-2-7-8-3;/h2*1-3H,(H,5,6);/q;;+2/p-2. The van der Waals surface area contributed by atoms with Crippen LogP contribution in [0.3, 0.4) is 0 Å². The third-order valence-electron chi connectivity index (χ3n) is 1.40. The van der Waals surface area contributed by atoms with Gasteiger partial charge in [-0.15, -0.1) is 0 Å². The van der Waals surface area contributed by atoms with E-state index in [4.69, 9.17) is 0 Å². The third kappa shape index (κ3) is 6.81. The predicted molar refractivity (Wildman–Crippen MR) is 66.2 cm³/mol. The van der Waals surface area contributed by atoms with Crippen molar-refractivity contribution < 1.29 is 39.3 Å². The van der Waals surface area contributed by atoms with Gasteiger partial charge < -0.3 is 19.8 Å². The van der Waals surface area contributed by atoms with Gasteiger partial charge in [0.1, 0.15) is 0 Å². The van der Waals surface area contributed by atoms with Crippen LogP contribution in [-0.2, 0) is 29.1 Å². The van der Waals surface area contributed by atoms with Crippen LogP contribution in [0.4, 0.5) is 0 Å². The molecule has 9 heteroatoms. The van der Waals surface area contributed by atoms with Crippen LogP contribution in [0.5, 0.6) is 0 Å². The number of rotatable bonds is 2. The van der Waals surface area contributed by atoms with Crippen molar-refractivity contribution in [3.8, 4) is 0 Å². The van der Waals surface area contributed by atoms with Gasteiger partial charge in [-0.05, 0) is 10.8 Å². The molecule has 2 aliphatic heterocycles. The maximum absolute atomic E-state index is 10.0. The van der Waals surface area contributed by atoms with Crippen molar-refractivity contribution in [2.75, 3.05) is 0 Å². The fourth-order valence-corrected chi connectivity index (χ4v) is 4.49. The average molecular weight is 360 g/mol. The molecule has 0 aliphatic carbocycles. The minimum absolute atomic E-state index is 0. The summed E-state index contributed by atoms with van der Waals surface area (Å²) >= 11 is 0. The van der Waals surface area contributed by atoms with E-state index in [2.05, 4.69) is 0 Å². The van der Waals surface area contributed by atoms with Gasteiger partial charge in [0.05, 0.1) is 22.4 Å². The number of carboxylic acids is 2. The molecule has 88 valence electrons. The van der Waals surface area contributed by atoms with Crippen LogP contribution in [0.1, 0.15) is 0 Å². The van der Waals surface area contributed by atoms with Gasteiger partial charge in [0.25, 0.3) is 0 Å². The molecule has 0 aromatic heterocycles. The zero-order valence-corrected chi connectivity index (χ0v) is 14.7. The summed E-state index contributed by atoms with van der Waals surface area (Å²) in [6, 6.07) is 0. The normalized spacial score (nSPS) is 24.7. The quantitative estimate of drug-likeness (QED) is 0.504. The molecule has 2 heterocycles. The van der Waals surface area contributed by atoms with Crippen molar-refractivity contribution in [3.63, 3.8) is 0 Å². The molecular weight excluding hydrogens is 354 g/mol. The van der Waals surface area contributed by atoms with E-state index in [1.807, 2.05) is 0 Å². The summed E-state index contributed by atoms with van der Waals surface area (Å²) in [5.74, 6) is -2.01. The molecule has 0 aromatic carbocycles. The van der Waals surface area contributed by atoms with E-state index in [1.165, 1.54) is 43.2 Å². The molecule has 0 N–H and O–H groups in total. The molecule has 0 bridgehead atoms. The van der Waals surface area contributed by atoms with Gasteiger partial charge in [-0.1, -0.05) is 55.3 Å². The Morgan fingerprint density at radius 2 is 1.24 bits per heavy atom. The smallest absolute Gasteiger partial charge is 0.549 e. The Balaban J connectivity index is 0.000000284. The van der Waals surface area contributed by atoms with Crippen LogP contribution in [0.15, 0.2) is 23.0 Å². The number of carbonyl (C=O) groups excluding carboxylic acids is 2. The van der Waals surface area contributed by atoms with Gasteiger partial charge in [0.2, 0.25) is 0 Å². The summed E-state index contributed by atoms with van der Waals surface area (Å²) in [7, 11) is 5.44. The van der Waals surface area contributed by atoms with Crippen molar-refractivity contribution in [3.05, 3.63) is 23.0 Å². The van der Waals surface area contributed by atoms with Crippen molar-refractivity contribution in [2.24, 2.45) is 0 Å². The van der Waals surface area contributed by atoms with Crippen molar-refractivity contribution in [1.29, 1.82) is 0 Å². The van der Waals surface area contributed by atoms with Crippen molar-refractivity contribution in [2.45, 2.75) is 10.5 Å². The van der Waals surface area contributed by atoms with Crippen LogP contribution in [0, 0.1) is 0 Å². The molecule has 0 radical (unpaired) electrons. The first-order valence-corrected chi connectivity index (χ1v) is 8.56. The SMILES string of the molecule is O=C([O-])C1C=CSS1.O=C([O-])C1C=CSS1.[Zn+2]. The number of aliphatic carboxylic acids is 2. The summed E-state index contributed by atoms with van der Waals surface area (Å²) in [4.78, 5) is 20.0. The number of carbonyl (C=O) groups is 2. The van der Waals surface area contributed by atoms with E-state index in [0.717, 1.165) is 0 Å². The van der Waals surface area contributed by atoms with Crippen molar-refractivity contribution >= 4 is 55.1 Å². The molecule has 0 aromatic rings. The molecule has 4 nitrogen and oxygen atoms in total. The van der Waals surface area contributed by atoms with E-state index < -0.39 is 22.4 Å². The fraction of sp³-hybridized carbons (Fsp3) is 0.250. The van der Waals surface area contributed by atoms with Crippen LogP contribution >= 0.6 is 43.2 Å². The van der Waals surface area contributed by atoms with E-state index in [1.54, 1.807) is 23.0 Å². The van der Waals surface area contributed by atoms with Crippen molar-refractivity contribution in [1.82, 2.24) is 0 Å². The molecule has 2 atom stereocenters. The topological polar surface area (TPSA) is 80.3 Å². The Bertz CT molecular complexity index is 301. The molecular formula is C8H6O4S4Zn. The fourth-order valence-electron chi connectivity index (χ4n) is 0.691. The zero-order chi connectivity index (χ0) is 12.0.